The fourth-order valence-corrected chi connectivity index (χ4v) is 4.72. The Morgan fingerprint density at radius 2 is 1.85 bits per heavy atom. The van der Waals surface area contributed by atoms with Crippen molar-refractivity contribution in [3.63, 3.8) is 0 Å². The van der Waals surface area contributed by atoms with Gasteiger partial charge in [0.05, 0.1) is 11.4 Å². The number of halogens is 1. The first-order valence-electron chi connectivity index (χ1n) is 8.85. The summed E-state index contributed by atoms with van der Waals surface area (Å²) in [4.78, 5) is 6.74. The van der Waals surface area contributed by atoms with Gasteiger partial charge in [-0.25, -0.2) is 13.1 Å². The van der Waals surface area contributed by atoms with Crippen LogP contribution in [0.5, 0.6) is 0 Å². The fourth-order valence-electron chi connectivity index (χ4n) is 3.19. The van der Waals surface area contributed by atoms with E-state index in [0.29, 0.717) is 23.0 Å². The van der Waals surface area contributed by atoms with Crippen LogP contribution < -0.4 is 4.72 Å². The second-order valence-electron chi connectivity index (χ2n) is 6.74. The maximum atomic E-state index is 12.3. The van der Waals surface area contributed by atoms with Gasteiger partial charge >= 0.3 is 0 Å². The van der Waals surface area contributed by atoms with Crippen molar-refractivity contribution in [3.8, 4) is 0 Å². The van der Waals surface area contributed by atoms with E-state index in [0.717, 1.165) is 38.2 Å². The Kier molecular flexibility index (Phi) is 6.64. The number of nitrogens with zero attached hydrogens (tertiary/aromatic N) is 2. The Hall–Kier alpha value is -1.47. The summed E-state index contributed by atoms with van der Waals surface area (Å²) >= 11 is 6.06. The summed E-state index contributed by atoms with van der Waals surface area (Å²) in [5, 5.41) is 0.487. The van der Waals surface area contributed by atoms with E-state index in [2.05, 4.69) is 14.6 Å². The van der Waals surface area contributed by atoms with Gasteiger partial charge in [-0.2, -0.15) is 0 Å². The highest BCUT2D eigenvalue weighted by Crippen LogP contribution is 2.20. The predicted octanol–water partition coefficient (Wildman–Crippen LogP) is 3.07. The lowest BCUT2D eigenvalue weighted by Crippen LogP contribution is -2.38. The van der Waals surface area contributed by atoms with Gasteiger partial charge in [-0.05, 0) is 55.6 Å². The molecule has 0 bridgehead atoms. The van der Waals surface area contributed by atoms with Gasteiger partial charge < -0.3 is 0 Å². The van der Waals surface area contributed by atoms with Gasteiger partial charge in [0, 0.05) is 24.3 Å². The van der Waals surface area contributed by atoms with Crippen LogP contribution in [0.3, 0.4) is 0 Å². The number of aromatic nitrogens is 1. The molecule has 1 fully saturated rings. The Morgan fingerprint density at radius 3 is 2.54 bits per heavy atom. The molecule has 0 saturated carbocycles. The van der Waals surface area contributed by atoms with Gasteiger partial charge in [-0.15, -0.1) is 0 Å². The number of hydrogen-bond donors (Lipinski definition) is 1. The molecule has 1 aliphatic rings. The Morgan fingerprint density at radius 1 is 1.12 bits per heavy atom. The summed E-state index contributed by atoms with van der Waals surface area (Å²) < 4.78 is 27.4. The maximum absolute atomic E-state index is 12.3. The number of benzene rings is 1. The van der Waals surface area contributed by atoms with Crippen LogP contribution in [0, 0.1) is 5.92 Å². The van der Waals surface area contributed by atoms with Crippen LogP contribution in [0.2, 0.25) is 5.02 Å². The van der Waals surface area contributed by atoms with Gasteiger partial charge in [0.1, 0.15) is 0 Å². The molecule has 7 heteroatoms. The van der Waals surface area contributed by atoms with Gasteiger partial charge in [0.15, 0.2) is 0 Å². The number of nitrogens with one attached hydrogen (secondary N) is 1. The molecule has 1 aromatic heterocycles. The third-order valence-corrected chi connectivity index (χ3v) is 6.38. The van der Waals surface area contributed by atoms with E-state index in [1.165, 1.54) is 0 Å². The molecular formula is C19H24ClN3O2S. The molecule has 0 spiro atoms. The summed E-state index contributed by atoms with van der Waals surface area (Å²) in [5.74, 6) is 0.293. The van der Waals surface area contributed by atoms with E-state index in [-0.39, 0.29) is 5.75 Å². The maximum Gasteiger partial charge on any atom is 0.215 e. The van der Waals surface area contributed by atoms with Crippen molar-refractivity contribution in [2.75, 3.05) is 19.6 Å². The van der Waals surface area contributed by atoms with Gasteiger partial charge in [0.25, 0.3) is 0 Å². The molecule has 3 rings (SSSR count). The molecule has 5 nitrogen and oxygen atoms in total. The van der Waals surface area contributed by atoms with Crippen molar-refractivity contribution in [2.24, 2.45) is 5.92 Å². The van der Waals surface area contributed by atoms with Crippen molar-refractivity contribution < 1.29 is 8.42 Å². The molecule has 26 heavy (non-hydrogen) atoms. The molecule has 0 radical (unpaired) electrons. The zero-order valence-corrected chi connectivity index (χ0v) is 16.2. The molecule has 2 heterocycles. The SMILES string of the molecule is O=S(=O)(Cc1ccccc1Cl)NCC1CCN(Cc2ccccn2)CC1. The number of piperidine rings is 1. The average Bonchev–Trinajstić information content (AvgIpc) is 2.64. The Bertz CT molecular complexity index is 807. The van der Waals surface area contributed by atoms with Gasteiger partial charge in [-0.1, -0.05) is 35.9 Å². The smallest absolute Gasteiger partial charge is 0.215 e. The number of hydrogen-bond acceptors (Lipinski definition) is 4. The van der Waals surface area contributed by atoms with E-state index in [4.69, 9.17) is 11.6 Å². The molecule has 0 amide bonds. The van der Waals surface area contributed by atoms with Crippen molar-refractivity contribution in [1.82, 2.24) is 14.6 Å². The highest BCUT2D eigenvalue weighted by molar-refractivity contribution is 7.88. The Balaban J connectivity index is 1.44. The minimum absolute atomic E-state index is 0.0782. The van der Waals surface area contributed by atoms with Crippen LogP contribution in [0.1, 0.15) is 24.1 Å². The summed E-state index contributed by atoms with van der Waals surface area (Å²) in [7, 11) is -3.38. The van der Waals surface area contributed by atoms with Crippen LogP contribution in [-0.4, -0.2) is 37.9 Å². The number of rotatable bonds is 7. The molecule has 0 unspecified atom stereocenters. The van der Waals surface area contributed by atoms with Gasteiger partial charge in [0.2, 0.25) is 10.0 Å². The molecule has 140 valence electrons. The lowest BCUT2D eigenvalue weighted by molar-refractivity contribution is 0.177. The normalized spacial score (nSPS) is 16.7. The van der Waals surface area contributed by atoms with E-state index < -0.39 is 10.0 Å². The van der Waals surface area contributed by atoms with Crippen molar-refractivity contribution in [1.29, 1.82) is 0 Å². The largest absolute Gasteiger partial charge is 0.297 e. The summed E-state index contributed by atoms with van der Waals surface area (Å²) in [6.07, 6.45) is 3.79. The zero-order valence-electron chi connectivity index (χ0n) is 14.6. The van der Waals surface area contributed by atoms with E-state index in [1.54, 1.807) is 24.3 Å². The highest BCUT2D eigenvalue weighted by atomic mass is 35.5. The molecule has 1 aromatic carbocycles. The first-order valence-corrected chi connectivity index (χ1v) is 10.9. The lowest BCUT2D eigenvalue weighted by Gasteiger charge is -2.31. The van der Waals surface area contributed by atoms with Crippen LogP contribution in [0.4, 0.5) is 0 Å². The number of sulfonamides is 1. The van der Waals surface area contributed by atoms with Crippen molar-refractivity contribution in [3.05, 3.63) is 64.9 Å². The van der Waals surface area contributed by atoms with E-state index in [1.807, 2.05) is 24.4 Å². The summed E-state index contributed by atoms with van der Waals surface area (Å²) in [6.45, 7) is 3.27. The van der Waals surface area contributed by atoms with Crippen LogP contribution in [0.25, 0.3) is 0 Å². The highest BCUT2D eigenvalue weighted by Gasteiger charge is 2.22. The molecule has 0 atom stereocenters. The molecule has 2 aromatic rings. The minimum atomic E-state index is -3.38. The molecule has 0 aliphatic carbocycles. The fraction of sp³-hybridized carbons (Fsp3) is 0.421. The van der Waals surface area contributed by atoms with E-state index >= 15 is 0 Å². The second kappa shape index (κ2) is 8.95. The van der Waals surface area contributed by atoms with Crippen LogP contribution in [-0.2, 0) is 22.3 Å². The molecule has 1 N–H and O–H groups in total. The molecule has 1 aliphatic heterocycles. The monoisotopic (exact) mass is 393 g/mol. The zero-order chi connectivity index (χ0) is 18.4. The quantitative estimate of drug-likeness (QED) is 0.785. The first-order chi connectivity index (χ1) is 12.5. The standard InChI is InChI=1S/C19H24ClN3O2S/c20-19-7-2-1-5-17(19)15-26(24,25)22-13-16-8-11-23(12-9-16)14-18-6-3-4-10-21-18/h1-7,10,16,22H,8-9,11-15H2. The predicted molar refractivity (Wildman–Crippen MR) is 104 cm³/mol. The minimum Gasteiger partial charge on any atom is -0.297 e. The topological polar surface area (TPSA) is 62.3 Å². The van der Waals surface area contributed by atoms with Gasteiger partial charge in [-0.3, -0.25) is 9.88 Å². The van der Waals surface area contributed by atoms with Crippen LogP contribution in [0.15, 0.2) is 48.7 Å². The number of pyridine rings is 1. The summed E-state index contributed by atoms with van der Waals surface area (Å²) in [5.41, 5.74) is 1.71. The third kappa shape index (κ3) is 5.77. The molecular weight excluding hydrogens is 370 g/mol. The number of likely N-dealkylation sites (tertiary alicyclic amines) is 1. The third-order valence-electron chi connectivity index (χ3n) is 4.71. The van der Waals surface area contributed by atoms with Crippen molar-refractivity contribution >= 4 is 21.6 Å². The second-order valence-corrected chi connectivity index (χ2v) is 8.95. The van der Waals surface area contributed by atoms with Crippen molar-refractivity contribution in [2.45, 2.75) is 25.1 Å². The van der Waals surface area contributed by atoms with E-state index in [9.17, 15) is 8.42 Å². The molecule has 1 saturated heterocycles. The summed E-state index contributed by atoms with van der Waals surface area (Å²) in [6, 6.07) is 13.0. The average molecular weight is 394 g/mol. The first kappa shape index (κ1) is 19.3. The lowest BCUT2D eigenvalue weighted by atomic mass is 9.97. The Labute approximate surface area is 160 Å². The van der Waals surface area contributed by atoms with Crippen LogP contribution >= 0.6 is 11.6 Å².